The van der Waals surface area contributed by atoms with Crippen molar-refractivity contribution >= 4 is 29.1 Å². The number of hydrogen-bond donors (Lipinski definition) is 2. The van der Waals surface area contributed by atoms with Gasteiger partial charge in [0, 0.05) is 35.8 Å². The minimum absolute atomic E-state index is 0.0701. The third-order valence-electron chi connectivity index (χ3n) is 3.53. The molecule has 128 valence electrons. The van der Waals surface area contributed by atoms with Gasteiger partial charge in [0.15, 0.2) is 0 Å². The molecule has 2 aromatic rings. The molecule has 8 heteroatoms. The van der Waals surface area contributed by atoms with Crippen molar-refractivity contribution in [3.05, 3.63) is 61.7 Å². The average molecular weight is 370 g/mol. The number of aromatic amines is 1. The van der Waals surface area contributed by atoms with E-state index < -0.39 is 11.5 Å². The number of carbonyl (C=O) groups excluding carboxylic acids is 1. The van der Waals surface area contributed by atoms with Gasteiger partial charge in [-0.2, -0.15) is 0 Å². The van der Waals surface area contributed by atoms with Crippen LogP contribution in [-0.2, 0) is 6.42 Å². The van der Waals surface area contributed by atoms with Crippen LogP contribution in [0.2, 0.25) is 10.0 Å². The highest BCUT2D eigenvalue weighted by molar-refractivity contribution is 6.36. The number of H-pyrrole nitrogens is 1. The van der Waals surface area contributed by atoms with Crippen LogP contribution in [0.1, 0.15) is 28.7 Å². The van der Waals surface area contributed by atoms with E-state index in [9.17, 15) is 9.59 Å². The molecule has 0 aliphatic rings. The summed E-state index contributed by atoms with van der Waals surface area (Å²) in [5.41, 5.74) is 0.0439. The fourth-order valence-electron chi connectivity index (χ4n) is 2.24. The lowest BCUT2D eigenvalue weighted by molar-refractivity contribution is 0.0729. The molecule has 6 nitrogen and oxygen atoms in total. The van der Waals surface area contributed by atoms with Crippen LogP contribution in [0.3, 0.4) is 0 Å². The number of aliphatic hydroxyl groups excluding tert-OH is 1. The fraction of sp³-hybridized carbons (Fsp3) is 0.312. The summed E-state index contributed by atoms with van der Waals surface area (Å²) in [6.45, 7) is 2.14. The van der Waals surface area contributed by atoms with Crippen molar-refractivity contribution in [2.24, 2.45) is 0 Å². The van der Waals surface area contributed by atoms with E-state index in [1.807, 2.05) is 0 Å². The van der Waals surface area contributed by atoms with Gasteiger partial charge in [-0.05, 0) is 24.6 Å². The Hall–Kier alpha value is -1.89. The van der Waals surface area contributed by atoms with Gasteiger partial charge in [0.1, 0.15) is 11.4 Å². The normalized spacial score (nSPS) is 10.7. The Balaban J connectivity index is 2.27. The first-order valence-corrected chi connectivity index (χ1v) is 8.14. The van der Waals surface area contributed by atoms with Gasteiger partial charge in [0.2, 0.25) is 0 Å². The minimum Gasteiger partial charge on any atom is -0.395 e. The number of carbonyl (C=O) groups is 1. The van der Waals surface area contributed by atoms with E-state index in [2.05, 4.69) is 9.97 Å². The largest absolute Gasteiger partial charge is 0.395 e. The first-order chi connectivity index (χ1) is 11.5. The number of benzene rings is 1. The van der Waals surface area contributed by atoms with Crippen molar-refractivity contribution in [2.75, 3.05) is 19.7 Å². The number of rotatable bonds is 6. The zero-order valence-electron chi connectivity index (χ0n) is 13.1. The van der Waals surface area contributed by atoms with Crippen molar-refractivity contribution in [2.45, 2.75) is 13.3 Å². The summed E-state index contributed by atoms with van der Waals surface area (Å²) in [6.07, 6.45) is 1.48. The Morgan fingerprint density at radius 1 is 1.33 bits per heavy atom. The molecule has 0 spiro atoms. The van der Waals surface area contributed by atoms with Crippen LogP contribution in [0.4, 0.5) is 0 Å². The third kappa shape index (κ3) is 4.14. The van der Waals surface area contributed by atoms with Gasteiger partial charge in [-0.25, -0.2) is 4.98 Å². The predicted octanol–water partition coefficient (Wildman–Crippen LogP) is 2.12. The number of halogens is 2. The maximum Gasteiger partial charge on any atom is 0.263 e. The van der Waals surface area contributed by atoms with E-state index in [1.165, 1.54) is 11.1 Å². The summed E-state index contributed by atoms with van der Waals surface area (Å²) >= 11 is 12.2. The molecule has 1 amide bonds. The predicted molar refractivity (Wildman–Crippen MR) is 92.8 cm³/mol. The summed E-state index contributed by atoms with van der Waals surface area (Å²) in [5.74, 6) is -0.112. The first-order valence-electron chi connectivity index (χ1n) is 7.39. The Morgan fingerprint density at radius 2 is 2.00 bits per heavy atom. The van der Waals surface area contributed by atoms with Crippen LogP contribution in [0.5, 0.6) is 0 Å². The molecule has 1 aromatic carbocycles. The molecule has 0 unspecified atom stereocenters. The molecule has 0 atom stereocenters. The maximum atomic E-state index is 12.3. The van der Waals surface area contributed by atoms with E-state index in [1.54, 1.807) is 25.1 Å². The first kappa shape index (κ1) is 18.4. The molecule has 0 aliphatic carbocycles. The lowest BCUT2D eigenvalue weighted by atomic mass is 10.1. The molecule has 0 bridgehead atoms. The van der Waals surface area contributed by atoms with E-state index in [0.717, 1.165) is 0 Å². The van der Waals surface area contributed by atoms with Crippen LogP contribution < -0.4 is 5.56 Å². The highest BCUT2D eigenvalue weighted by atomic mass is 35.5. The van der Waals surface area contributed by atoms with Crippen molar-refractivity contribution in [1.82, 2.24) is 14.9 Å². The number of likely N-dealkylation sites (N-methyl/N-ethyl adjacent to an activating group) is 1. The second-order valence-electron chi connectivity index (χ2n) is 5.06. The summed E-state index contributed by atoms with van der Waals surface area (Å²) in [4.78, 5) is 32.6. The van der Waals surface area contributed by atoms with Gasteiger partial charge in [0.05, 0.1) is 6.61 Å². The van der Waals surface area contributed by atoms with Crippen molar-refractivity contribution in [3.63, 3.8) is 0 Å². The molecule has 2 N–H and O–H groups in total. The van der Waals surface area contributed by atoms with Gasteiger partial charge in [0.25, 0.3) is 11.5 Å². The Bertz CT molecular complexity index is 772. The monoisotopic (exact) mass is 369 g/mol. The molecule has 1 heterocycles. The van der Waals surface area contributed by atoms with Crippen LogP contribution >= 0.6 is 23.2 Å². The molecule has 1 aromatic heterocycles. The van der Waals surface area contributed by atoms with Crippen LogP contribution in [-0.4, -0.2) is 45.6 Å². The van der Waals surface area contributed by atoms with E-state index in [-0.39, 0.29) is 25.1 Å². The highest BCUT2D eigenvalue weighted by Gasteiger charge is 2.18. The van der Waals surface area contributed by atoms with Crippen molar-refractivity contribution in [3.8, 4) is 0 Å². The average Bonchev–Trinajstić information content (AvgIpc) is 2.55. The molecule has 2 rings (SSSR count). The molecule has 0 aliphatic heterocycles. The van der Waals surface area contributed by atoms with Gasteiger partial charge in [-0.15, -0.1) is 0 Å². The highest BCUT2D eigenvalue weighted by Crippen LogP contribution is 2.25. The lowest BCUT2D eigenvalue weighted by Crippen LogP contribution is -2.37. The smallest absolute Gasteiger partial charge is 0.263 e. The SMILES string of the molecule is CCN(CCO)C(=O)c1cnc(Cc2c(Cl)cccc2Cl)[nH]c1=O. The summed E-state index contributed by atoms with van der Waals surface area (Å²) < 4.78 is 0. The second kappa shape index (κ2) is 8.28. The van der Waals surface area contributed by atoms with E-state index >= 15 is 0 Å². The Kier molecular flexibility index (Phi) is 6.36. The molecule has 0 radical (unpaired) electrons. The quantitative estimate of drug-likeness (QED) is 0.816. The molecule has 0 saturated heterocycles. The topological polar surface area (TPSA) is 86.3 Å². The number of nitrogens with zero attached hydrogens (tertiary/aromatic N) is 2. The number of hydrogen-bond acceptors (Lipinski definition) is 4. The van der Waals surface area contributed by atoms with E-state index in [0.29, 0.717) is 28.0 Å². The third-order valence-corrected chi connectivity index (χ3v) is 4.24. The summed E-state index contributed by atoms with van der Waals surface area (Å²) in [5, 5.41) is 9.93. The molecule has 0 saturated carbocycles. The number of aromatic nitrogens is 2. The second-order valence-corrected chi connectivity index (χ2v) is 5.87. The van der Waals surface area contributed by atoms with Crippen LogP contribution in [0, 0.1) is 0 Å². The molecule has 0 fully saturated rings. The summed E-state index contributed by atoms with van der Waals surface area (Å²) in [7, 11) is 0. The molecule has 24 heavy (non-hydrogen) atoms. The van der Waals surface area contributed by atoms with Crippen LogP contribution in [0.25, 0.3) is 0 Å². The summed E-state index contributed by atoms with van der Waals surface area (Å²) in [6, 6.07) is 5.13. The Labute approximate surface area is 149 Å². The lowest BCUT2D eigenvalue weighted by Gasteiger charge is -2.19. The molecular formula is C16H17Cl2N3O3. The fourth-order valence-corrected chi connectivity index (χ4v) is 2.77. The number of aliphatic hydroxyl groups is 1. The van der Waals surface area contributed by atoms with Gasteiger partial charge >= 0.3 is 0 Å². The number of nitrogens with one attached hydrogen (secondary N) is 1. The molecular weight excluding hydrogens is 353 g/mol. The number of amides is 1. The van der Waals surface area contributed by atoms with Crippen molar-refractivity contribution < 1.29 is 9.90 Å². The zero-order valence-corrected chi connectivity index (χ0v) is 14.6. The van der Waals surface area contributed by atoms with E-state index in [4.69, 9.17) is 28.3 Å². The van der Waals surface area contributed by atoms with Crippen molar-refractivity contribution in [1.29, 1.82) is 0 Å². The van der Waals surface area contributed by atoms with Gasteiger partial charge in [-0.3, -0.25) is 9.59 Å². The maximum absolute atomic E-state index is 12.3. The van der Waals surface area contributed by atoms with Gasteiger partial charge < -0.3 is 15.0 Å². The van der Waals surface area contributed by atoms with Crippen LogP contribution in [0.15, 0.2) is 29.2 Å². The minimum atomic E-state index is -0.537. The standard InChI is InChI=1S/C16H17Cl2N3O3/c1-2-21(6-7-22)16(24)11-9-19-14(20-15(11)23)8-10-12(17)4-3-5-13(10)18/h3-5,9,22H,2,6-8H2,1H3,(H,19,20,23). The zero-order chi connectivity index (χ0) is 17.7. The van der Waals surface area contributed by atoms with Gasteiger partial charge in [-0.1, -0.05) is 29.3 Å². The Morgan fingerprint density at radius 3 is 2.54 bits per heavy atom.